The second-order valence-electron chi connectivity index (χ2n) is 7.43. The highest BCUT2D eigenvalue weighted by molar-refractivity contribution is 7.22. The number of β-amino-alcohol motifs (C(OH)–C–C–N with tert-alkyl or cyclic N) is 1. The lowest BCUT2D eigenvalue weighted by atomic mass is 10.1. The van der Waals surface area contributed by atoms with Crippen LogP contribution in [0.2, 0.25) is 0 Å². The van der Waals surface area contributed by atoms with Crippen LogP contribution in [0, 0.1) is 0 Å². The number of nitrogens with two attached hydrogens (primary N) is 1. The van der Waals surface area contributed by atoms with E-state index >= 15 is 0 Å². The quantitative estimate of drug-likeness (QED) is 0.592. The second kappa shape index (κ2) is 7.91. The molecule has 0 aromatic carbocycles. The monoisotopic (exact) mass is 442 g/mol. The van der Waals surface area contributed by atoms with Gasteiger partial charge in [0.15, 0.2) is 5.75 Å². The molecular formula is C20H22N6O4S. The van der Waals surface area contributed by atoms with Crippen LogP contribution in [0.1, 0.15) is 10.4 Å². The molecule has 5 rings (SSSR count). The highest BCUT2D eigenvalue weighted by Crippen LogP contribution is 2.43. The van der Waals surface area contributed by atoms with Crippen molar-refractivity contribution in [2.45, 2.75) is 6.10 Å². The number of ether oxygens (including phenoxy) is 2. The number of carbonyl (C=O) groups is 1. The second-order valence-corrected chi connectivity index (χ2v) is 8.43. The average molecular weight is 443 g/mol. The van der Waals surface area contributed by atoms with Crippen molar-refractivity contribution in [3.63, 3.8) is 0 Å². The predicted molar refractivity (Wildman–Crippen MR) is 117 cm³/mol. The van der Waals surface area contributed by atoms with E-state index in [0.717, 1.165) is 23.6 Å². The lowest BCUT2D eigenvalue weighted by molar-refractivity contribution is 0.100. The molecule has 162 valence electrons. The molecule has 0 aliphatic carbocycles. The fraction of sp³-hybridized carbons (Fsp3) is 0.400. The van der Waals surface area contributed by atoms with E-state index in [1.807, 2.05) is 4.90 Å². The van der Waals surface area contributed by atoms with Crippen LogP contribution in [0.5, 0.6) is 5.75 Å². The smallest absolute Gasteiger partial charge is 0.249 e. The highest BCUT2D eigenvalue weighted by atomic mass is 32.1. The summed E-state index contributed by atoms with van der Waals surface area (Å²) in [5.41, 5.74) is 7.27. The zero-order valence-electron chi connectivity index (χ0n) is 16.9. The Labute approximate surface area is 182 Å². The number of thiazole rings is 1. The number of anilines is 2. The number of carbonyl (C=O) groups excluding carboxylic acids is 1. The van der Waals surface area contributed by atoms with Crippen molar-refractivity contribution >= 4 is 39.1 Å². The van der Waals surface area contributed by atoms with Crippen molar-refractivity contribution in [3.05, 3.63) is 24.0 Å². The Morgan fingerprint density at radius 3 is 2.71 bits per heavy atom. The van der Waals surface area contributed by atoms with E-state index in [1.165, 1.54) is 11.3 Å². The maximum absolute atomic E-state index is 12.2. The third kappa shape index (κ3) is 3.44. The van der Waals surface area contributed by atoms with E-state index in [-0.39, 0.29) is 0 Å². The van der Waals surface area contributed by atoms with Crippen molar-refractivity contribution in [1.29, 1.82) is 0 Å². The first-order chi connectivity index (χ1) is 15.1. The molecule has 2 aliphatic heterocycles. The standard InChI is InChI=1S/C20H22N6O4S/c1-29-13-8-23-19(25-4-6-30-7-5-25)16-15(13)24-20(31-16)14-12(17(21)28)2-3-22-18(14)26-9-11(27)10-26/h2-3,8,11,27H,4-7,9-10H2,1H3,(H2,21,28). The van der Waals surface area contributed by atoms with Crippen LogP contribution in [-0.2, 0) is 4.74 Å². The number of rotatable bonds is 5. The summed E-state index contributed by atoms with van der Waals surface area (Å²) in [4.78, 5) is 30.3. The molecule has 0 atom stereocenters. The van der Waals surface area contributed by atoms with Gasteiger partial charge in [0.05, 0.1) is 43.8 Å². The van der Waals surface area contributed by atoms with Crippen LogP contribution in [-0.4, -0.2) is 78.6 Å². The van der Waals surface area contributed by atoms with Crippen molar-refractivity contribution < 1.29 is 19.4 Å². The summed E-state index contributed by atoms with van der Waals surface area (Å²) in [7, 11) is 1.58. The molecule has 3 N–H and O–H groups in total. The molecule has 3 aromatic heterocycles. The fourth-order valence-corrected chi connectivity index (χ4v) is 5.02. The van der Waals surface area contributed by atoms with Crippen molar-refractivity contribution in [1.82, 2.24) is 15.0 Å². The molecular weight excluding hydrogens is 420 g/mol. The van der Waals surface area contributed by atoms with Gasteiger partial charge in [0.2, 0.25) is 5.91 Å². The minimum atomic E-state index is -0.558. The van der Waals surface area contributed by atoms with Crippen LogP contribution in [0.15, 0.2) is 18.5 Å². The molecule has 2 fully saturated rings. The molecule has 5 heterocycles. The number of primary amides is 1. The van der Waals surface area contributed by atoms with Gasteiger partial charge in [0.25, 0.3) is 0 Å². The number of aromatic nitrogens is 3. The van der Waals surface area contributed by atoms with E-state index in [9.17, 15) is 9.90 Å². The lowest BCUT2D eigenvalue weighted by Gasteiger charge is -2.37. The number of amides is 1. The van der Waals surface area contributed by atoms with Gasteiger partial charge >= 0.3 is 0 Å². The molecule has 0 unspecified atom stereocenters. The maximum Gasteiger partial charge on any atom is 0.249 e. The van der Waals surface area contributed by atoms with Crippen molar-refractivity contribution in [2.75, 3.05) is 56.3 Å². The number of hydrogen-bond donors (Lipinski definition) is 2. The average Bonchev–Trinajstić information content (AvgIpc) is 3.21. The van der Waals surface area contributed by atoms with Gasteiger partial charge < -0.3 is 30.1 Å². The topological polar surface area (TPSA) is 127 Å². The van der Waals surface area contributed by atoms with Gasteiger partial charge in [-0.1, -0.05) is 0 Å². The molecule has 11 heteroatoms. The first kappa shape index (κ1) is 19.9. The van der Waals surface area contributed by atoms with Gasteiger partial charge in [0, 0.05) is 32.4 Å². The zero-order valence-corrected chi connectivity index (χ0v) is 17.8. The molecule has 2 aliphatic rings. The first-order valence-corrected chi connectivity index (χ1v) is 10.8. The number of morpholine rings is 1. The zero-order chi connectivity index (χ0) is 21.5. The van der Waals surface area contributed by atoms with Crippen LogP contribution < -0.4 is 20.3 Å². The van der Waals surface area contributed by atoms with Crippen molar-refractivity contribution in [2.24, 2.45) is 5.73 Å². The Morgan fingerprint density at radius 2 is 2.03 bits per heavy atom. The van der Waals surface area contributed by atoms with Crippen molar-refractivity contribution in [3.8, 4) is 16.3 Å². The van der Waals surface area contributed by atoms with Gasteiger partial charge in [-0.05, 0) is 6.07 Å². The van der Waals surface area contributed by atoms with Crippen LogP contribution in [0.4, 0.5) is 11.6 Å². The molecule has 31 heavy (non-hydrogen) atoms. The molecule has 0 radical (unpaired) electrons. The maximum atomic E-state index is 12.2. The number of hydrogen-bond acceptors (Lipinski definition) is 10. The Hall–Kier alpha value is -3.02. The number of aliphatic hydroxyl groups is 1. The predicted octanol–water partition coefficient (Wildman–Crippen LogP) is 0.878. The van der Waals surface area contributed by atoms with Gasteiger partial charge in [0.1, 0.15) is 26.9 Å². The Morgan fingerprint density at radius 1 is 1.26 bits per heavy atom. The minimum absolute atomic E-state index is 0.338. The first-order valence-electron chi connectivity index (χ1n) is 9.95. The molecule has 0 saturated carbocycles. The summed E-state index contributed by atoms with van der Waals surface area (Å²) in [6, 6.07) is 1.60. The minimum Gasteiger partial charge on any atom is -0.493 e. The Kier molecular flexibility index (Phi) is 5.08. The number of methoxy groups -OCH3 is 1. The summed E-state index contributed by atoms with van der Waals surface area (Å²) in [5.74, 6) is 1.39. The van der Waals surface area contributed by atoms with Gasteiger partial charge in [-0.25, -0.2) is 15.0 Å². The summed E-state index contributed by atoms with van der Waals surface area (Å²) >= 11 is 1.43. The molecule has 0 bridgehead atoms. The van der Waals surface area contributed by atoms with E-state index in [4.69, 9.17) is 20.2 Å². The summed E-state index contributed by atoms with van der Waals surface area (Å²) in [6.07, 6.45) is 2.80. The molecule has 3 aromatic rings. The fourth-order valence-electron chi connectivity index (χ4n) is 3.87. The van der Waals surface area contributed by atoms with E-state index in [1.54, 1.807) is 25.6 Å². The summed E-state index contributed by atoms with van der Waals surface area (Å²) < 4.78 is 11.8. The van der Waals surface area contributed by atoms with Crippen LogP contribution >= 0.6 is 11.3 Å². The largest absolute Gasteiger partial charge is 0.493 e. The lowest BCUT2D eigenvalue weighted by Crippen LogP contribution is -2.51. The normalized spacial score (nSPS) is 17.1. The molecule has 0 spiro atoms. The number of nitrogens with zero attached hydrogens (tertiary/aromatic N) is 5. The highest BCUT2D eigenvalue weighted by Gasteiger charge is 2.31. The van der Waals surface area contributed by atoms with E-state index in [0.29, 0.717) is 59.5 Å². The Bertz CT molecular complexity index is 1140. The number of fused-ring (bicyclic) bond motifs is 1. The third-order valence-electron chi connectivity index (χ3n) is 5.47. The van der Waals surface area contributed by atoms with Crippen LogP contribution in [0.25, 0.3) is 20.8 Å². The van der Waals surface area contributed by atoms with Gasteiger partial charge in [-0.3, -0.25) is 4.79 Å². The van der Waals surface area contributed by atoms with Gasteiger partial charge in [-0.2, -0.15) is 0 Å². The summed E-state index contributed by atoms with van der Waals surface area (Å²) in [6.45, 7) is 3.62. The van der Waals surface area contributed by atoms with Crippen LogP contribution in [0.3, 0.4) is 0 Å². The van der Waals surface area contributed by atoms with E-state index in [2.05, 4.69) is 14.9 Å². The molecule has 1 amide bonds. The molecule has 2 saturated heterocycles. The van der Waals surface area contributed by atoms with Gasteiger partial charge in [-0.15, -0.1) is 11.3 Å². The molecule has 10 nitrogen and oxygen atoms in total. The number of aliphatic hydroxyl groups excluding tert-OH is 1. The third-order valence-corrected chi connectivity index (χ3v) is 6.54. The Balaban J connectivity index is 1.70. The number of pyridine rings is 2. The SMILES string of the molecule is COc1cnc(N2CCOCC2)c2sc(-c3c(C(N)=O)ccnc3N3CC(O)C3)nc12. The summed E-state index contributed by atoms with van der Waals surface area (Å²) in [5, 5.41) is 10.4. The van der Waals surface area contributed by atoms with E-state index < -0.39 is 12.0 Å².